The molecule has 1 aliphatic carbocycles. The lowest BCUT2D eigenvalue weighted by Crippen LogP contribution is -2.56. The highest BCUT2D eigenvalue weighted by Crippen LogP contribution is 2.45. The van der Waals surface area contributed by atoms with Crippen molar-refractivity contribution >= 4 is 126 Å². The molecule has 7 aliphatic rings. The van der Waals surface area contributed by atoms with Gasteiger partial charge in [-0.15, -0.1) is 45.3 Å². The lowest BCUT2D eigenvalue weighted by atomic mass is 9.89. The molecule has 8 amide bonds. The van der Waals surface area contributed by atoms with Gasteiger partial charge < -0.3 is 77.0 Å². The number of pyridine rings is 4. The molecule has 8 aromatic heterocycles. The number of likely N-dealkylation sites (tertiary alicyclic amines) is 4. The summed E-state index contributed by atoms with van der Waals surface area (Å²) in [5, 5.41) is 50.2. The highest BCUT2D eigenvalue weighted by Gasteiger charge is 2.50. The first-order valence-electron chi connectivity index (χ1n) is 46.2. The van der Waals surface area contributed by atoms with Crippen molar-refractivity contribution < 1.29 is 79.7 Å². The summed E-state index contributed by atoms with van der Waals surface area (Å²) in [6.07, 6.45) is 14.4. The fraction of sp³-hybridized carbons (Fsp3) is 0.574. The van der Waals surface area contributed by atoms with Gasteiger partial charge in [0.1, 0.15) is 46.0 Å². The smallest absolute Gasteiger partial charge is 0.282 e. The molecule has 2 bridgehead atoms. The van der Waals surface area contributed by atoms with E-state index in [4.69, 9.17) is 0 Å². The van der Waals surface area contributed by atoms with Crippen molar-refractivity contribution in [2.24, 2.45) is 0 Å². The molecular weight excluding hydrogens is 1850 g/mol. The van der Waals surface area contributed by atoms with E-state index in [9.17, 15) is 79.7 Å². The first-order chi connectivity index (χ1) is 63.8. The summed E-state index contributed by atoms with van der Waals surface area (Å²) in [6, 6.07) is 6.62. The van der Waals surface area contributed by atoms with Gasteiger partial charge >= 0.3 is 0 Å². The molecule has 42 heteroatoms. The number of hydrogen-bond acceptors (Lipinski definition) is 29. The summed E-state index contributed by atoms with van der Waals surface area (Å²) in [6.45, 7) is 35.0. The van der Waals surface area contributed by atoms with Crippen molar-refractivity contribution in [2.45, 2.75) is 303 Å². The molecule has 15 rings (SSSR count). The normalized spacial score (nSPS) is 20.6. The molecule has 738 valence electrons. The van der Waals surface area contributed by atoms with Gasteiger partial charge in [-0.2, -0.15) is 0 Å². The van der Waals surface area contributed by atoms with Crippen molar-refractivity contribution in [1.82, 2.24) is 80.3 Å². The largest absolute Gasteiger partial charge is 0.394 e. The van der Waals surface area contributed by atoms with Crippen LogP contribution < -0.4 is 37.2 Å². The zero-order chi connectivity index (χ0) is 99.6. The van der Waals surface area contributed by atoms with Crippen LogP contribution in [-0.4, -0.2) is 282 Å². The summed E-state index contributed by atoms with van der Waals surface area (Å²) in [4.78, 5) is 151. The zero-order valence-corrected chi connectivity index (χ0v) is 84.6. The van der Waals surface area contributed by atoms with Crippen molar-refractivity contribution in [3.63, 3.8) is 0 Å². The molecule has 7 fully saturated rings. The highest BCUT2D eigenvalue weighted by atomic mass is 32.2. The number of alkyl halides is 4. The summed E-state index contributed by atoms with van der Waals surface area (Å²) < 4.78 is 79.5. The molecule has 14 heterocycles. The topological polar surface area (TPSA) is 435 Å². The Morgan fingerprint density at radius 2 is 0.868 bits per heavy atom. The summed E-state index contributed by atoms with van der Waals surface area (Å²) in [7, 11) is -3.20. The van der Waals surface area contributed by atoms with Crippen LogP contribution in [0, 0.1) is 27.7 Å². The molecule has 0 unspecified atom stereocenters. The Hall–Kier alpha value is -10.4. The monoisotopic (exact) mass is 1980 g/mol. The molecule has 8 aromatic rings. The first-order valence-corrected chi connectivity index (χ1v) is 51.4. The van der Waals surface area contributed by atoms with E-state index in [1.807, 2.05) is 103 Å². The van der Waals surface area contributed by atoms with Gasteiger partial charge in [-0.25, -0.2) is 65.9 Å². The third kappa shape index (κ3) is 24.8. The third-order valence-electron chi connectivity index (χ3n) is 25.1. The van der Waals surface area contributed by atoms with E-state index in [0.717, 1.165) is 122 Å². The van der Waals surface area contributed by atoms with Gasteiger partial charge in [0.15, 0.2) is 29.9 Å². The SMILES string of the molecule is CC[C@@H](C)Nc1cc(C)c(-c2sc(C(=O)NC3CC(O)C3)nc2C(=O)N2CC(F)(F)C[C@@H]2C)cn1.Cc1cc(NC(C)C)ncc1-c1sc(C(=O)N2CC(S(C)(=O)=O)C2)nc1C(=O)N1CCC[C@@H]1C.Cc1cc(NC(C)C)ncc1-c1sc(C(=O)N[C@@H](C)C(C)(C)O)nc1C(=O)N1C2CCC1CC2.Cc1cc(NC(C)C)ncc1-c1sc(C(=O)N[C@H](C)CO)nc1C(=O)N1CC(F)(F)C[C@@H]1C. The number of aliphatic hydroxyl groups is 3. The van der Waals surface area contributed by atoms with Gasteiger partial charge in [0, 0.05) is 152 Å². The van der Waals surface area contributed by atoms with Crippen molar-refractivity contribution in [2.75, 3.05) is 66.9 Å². The van der Waals surface area contributed by atoms with Crippen LogP contribution in [0.4, 0.5) is 40.8 Å². The van der Waals surface area contributed by atoms with Crippen LogP contribution in [0.3, 0.4) is 0 Å². The van der Waals surface area contributed by atoms with Gasteiger partial charge in [-0.05, 0) is 229 Å². The van der Waals surface area contributed by atoms with Crippen LogP contribution in [0.15, 0.2) is 49.1 Å². The number of carbonyl (C=O) groups is 8. The number of aliphatic hydroxyl groups excluding tert-OH is 2. The average Bonchev–Trinajstić information content (AvgIpc) is 1.61. The molecule has 6 atom stereocenters. The fourth-order valence-corrected chi connectivity index (χ4v) is 22.1. The summed E-state index contributed by atoms with van der Waals surface area (Å²) in [5.41, 5.74) is 5.69. The van der Waals surface area contributed by atoms with Crippen LogP contribution in [-0.2, 0) is 9.84 Å². The fourth-order valence-electron chi connectivity index (χ4n) is 17.0. The first kappa shape index (κ1) is 105. The second-order valence-electron chi connectivity index (χ2n) is 38.4. The van der Waals surface area contributed by atoms with Crippen molar-refractivity contribution in [1.29, 1.82) is 0 Å². The Morgan fingerprint density at radius 3 is 1.20 bits per heavy atom. The van der Waals surface area contributed by atoms with E-state index in [2.05, 4.69) is 97.9 Å². The molecule has 1 saturated carbocycles. The van der Waals surface area contributed by atoms with E-state index >= 15 is 0 Å². The predicted molar refractivity (Wildman–Crippen MR) is 520 cm³/mol. The van der Waals surface area contributed by atoms with Gasteiger partial charge in [0.05, 0.1) is 62.2 Å². The van der Waals surface area contributed by atoms with Crippen molar-refractivity contribution in [3.8, 4) is 41.8 Å². The molecule has 0 spiro atoms. The number of anilines is 4. The second-order valence-corrected chi connectivity index (χ2v) is 44.7. The number of thiazole rings is 4. The molecule has 136 heavy (non-hydrogen) atoms. The van der Waals surface area contributed by atoms with E-state index in [1.54, 1.807) is 66.3 Å². The number of carbonyl (C=O) groups excluding carboxylic acids is 8. The number of nitrogens with one attached hydrogen (secondary N) is 7. The van der Waals surface area contributed by atoms with Gasteiger partial charge in [0.25, 0.3) is 59.1 Å². The van der Waals surface area contributed by atoms with Gasteiger partial charge in [-0.1, -0.05) is 6.92 Å². The number of aryl methyl sites for hydroxylation is 4. The van der Waals surface area contributed by atoms with E-state index in [1.165, 1.54) is 33.8 Å². The molecule has 0 aromatic carbocycles. The number of aromatic nitrogens is 8. The maximum absolute atomic E-state index is 14.0. The van der Waals surface area contributed by atoms with E-state index in [-0.39, 0.29) is 123 Å². The molecule has 10 N–H and O–H groups in total. The predicted octanol–water partition coefficient (Wildman–Crippen LogP) is 14.0. The Balaban J connectivity index is 0.000000163. The average molecular weight is 1980 g/mol. The molecule has 6 aliphatic heterocycles. The van der Waals surface area contributed by atoms with E-state index < -0.39 is 118 Å². The standard InChI is InChI=1S/C25H35N5O3S.C24H31F2N5O3S.C23H31N5O4S2.C22H29F2N5O3S/c1-13(2)27-19-11-14(3)18(12-26-19)21-20(24(32)30-16-7-8-17(30)10-9-16)29-23(34-21)22(31)28-15(4)25(5,6)33;1-5-13(3)28-18-6-12(2)17(10-27-18)20-19(23(34)31-11-24(25,26)9-14(31)4)30-22(35-20)21(33)29-15-7-16(32)8-15;1-13(2)25-18-9-14(3)17(10-24-18)20-19(22(29)28-8-6-7-15(28)4)26-21(33-20)23(30)27-11-16(12-27)34(5,31)32;1-11(2)26-16-6-12(3)15(8-25-16)18-17(21(32)29-10-22(23,24)7-14(29)5)28-20(33-18)19(31)27-13(4)9-30/h11-13,15-17,33H,7-10H2,1-6H3,(H,26,27)(H,28,31);6,10,13-16,32H,5,7-9,11H2,1-4H3,(H,27,28)(H,29,33);9-10,13,15-16H,6-8,11-12H2,1-5H3,(H,24,25);6,8,11,13-14,30H,7,9-10H2,1-5H3,(H,25,26)(H,27,31)/t15-,16?,17?;13-,14+,15?,16?;15-;13-,14+/m0101/s1. The minimum absolute atomic E-state index is 0.0102. The van der Waals surface area contributed by atoms with E-state index in [0.29, 0.717) is 67.4 Å². The Labute approximate surface area is 806 Å². The number of hydrogen-bond donors (Lipinski definition) is 10. The maximum Gasteiger partial charge on any atom is 0.282 e. The van der Waals surface area contributed by atoms with Crippen LogP contribution in [0.25, 0.3) is 41.8 Å². The number of fused-ring (bicyclic) bond motifs is 2. The molecular formula is C94H126F4N20O13S5. The number of halogens is 4. The number of sulfone groups is 1. The second kappa shape index (κ2) is 42.9. The molecule has 0 radical (unpaired) electrons. The summed E-state index contributed by atoms with van der Waals surface area (Å²) >= 11 is 4.41. The van der Waals surface area contributed by atoms with Crippen LogP contribution >= 0.6 is 45.3 Å². The highest BCUT2D eigenvalue weighted by molar-refractivity contribution is 7.91. The zero-order valence-electron chi connectivity index (χ0n) is 80.5. The van der Waals surface area contributed by atoms with Crippen LogP contribution in [0.1, 0.15) is 278 Å². The number of amides is 8. The third-order valence-corrected chi connectivity index (χ3v) is 31.0. The Morgan fingerprint density at radius 1 is 0.507 bits per heavy atom. The van der Waals surface area contributed by atoms with Gasteiger partial charge in [-0.3, -0.25) is 38.4 Å². The lowest BCUT2D eigenvalue weighted by Gasteiger charge is -2.37. The van der Waals surface area contributed by atoms with Gasteiger partial charge in [0.2, 0.25) is 0 Å². The Kier molecular flexibility index (Phi) is 33.0. The molecule has 33 nitrogen and oxygen atoms in total. The van der Waals surface area contributed by atoms with Crippen LogP contribution in [0.5, 0.6) is 0 Å². The summed E-state index contributed by atoms with van der Waals surface area (Å²) in [5.74, 6) is -6.38. The number of nitrogens with zero attached hydrogens (tertiary/aromatic N) is 13. The maximum atomic E-state index is 14.0. The minimum atomic E-state index is -3.20. The Bertz CT molecular complexity index is 5850. The van der Waals surface area contributed by atoms with Crippen molar-refractivity contribution in [3.05, 3.63) is 114 Å². The quantitative estimate of drug-likeness (QED) is 0.0214. The lowest BCUT2D eigenvalue weighted by molar-refractivity contribution is 0.0115. The van der Waals surface area contributed by atoms with Crippen LogP contribution in [0.2, 0.25) is 0 Å². The number of rotatable bonds is 27. The minimum Gasteiger partial charge on any atom is -0.394 e. The molecule has 6 saturated heterocycles.